The zero-order valence-electron chi connectivity index (χ0n) is 11.4. The highest BCUT2D eigenvalue weighted by atomic mass is 32.2. The second kappa shape index (κ2) is 3.85. The Hall–Kier alpha value is -0.780. The first-order valence-corrected chi connectivity index (χ1v) is 8.23. The first kappa shape index (κ1) is 13.6. The number of sulfone groups is 1. The fraction of sp³-hybridized carbons (Fsp3) is 0.917. The number of carbonyl (C=O) groups excluding carboxylic acids is 1. The third-order valence-corrected chi connectivity index (χ3v) is 4.62. The zero-order valence-corrected chi connectivity index (χ0v) is 12.2. The molecule has 0 atom stereocenters. The van der Waals surface area contributed by atoms with Crippen molar-refractivity contribution >= 4 is 15.9 Å². The molecule has 1 saturated carbocycles. The fourth-order valence-electron chi connectivity index (χ4n) is 3.03. The van der Waals surface area contributed by atoms with Gasteiger partial charge in [0, 0.05) is 24.3 Å². The number of hydrogen-bond donors (Lipinski definition) is 0. The van der Waals surface area contributed by atoms with Gasteiger partial charge in [0.1, 0.15) is 15.4 Å². The lowest BCUT2D eigenvalue weighted by atomic mass is 9.72. The van der Waals surface area contributed by atoms with Gasteiger partial charge in [-0.3, -0.25) is 0 Å². The minimum Gasteiger partial charge on any atom is -0.444 e. The topological polar surface area (TPSA) is 63.7 Å². The summed E-state index contributed by atoms with van der Waals surface area (Å²) in [6, 6.07) is 0.168. The molecule has 0 unspecified atom stereocenters. The van der Waals surface area contributed by atoms with Crippen molar-refractivity contribution in [2.24, 2.45) is 5.41 Å². The molecule has 0 spiro atoms. The van der Waals surface area contributed by atoms with Gasteiger partial charge in [-0.15, -0.1) is 0 Å². The molecule has 1 amide bonds. The molecule has 2 bridgehead atoms. The average molecular weight is 275 g/mol. The Bertz CT molecular complexity index is 457. The predicted octanol–water partition coefficient (Wildman–Crippen LogP) is 1.43. The van der Waals surface area contributed by atoms with E-state index in [0.29, 0.717) is 6.54 Å². The molecule has 18 heavy (non-hydrogen) atoms. The number of fused-ring (bicyclic) bond motifs is 1. The smallest absolute Gasteiger partial charge is 0.410 e. The average Bonchev–Trinajstić information content (AvgIpc) is 2.50. The first-order valence-electron chi connectivity index (χ1n) is 6.17. The van der Waals surface area contributed by atoms with Crippen LogP contribution in [0, 0.1) is 5.41 Å². The maximum atomic E-state index is 12.0. The molecule has 0 radical (unpaired) electrons. The Morgan fingerprint density at radius 2 is 1.94 bits per heavy atom. The molecule has 6 heteroatoms. The Labute approximate surface area is 108 Å². The minimum atomic E-state index is -2.99. The highest BCUT2D eigenvalue weighted by molar-refractivity contribution is 7.90. The minimum absolute atomic E-state index is 0.168. The Morgan fingerprint density at radius 1 is 1.39 bits per heavy atom. The largest absolute Gasteiger partial charge is 0.444 e. The monoisotopic (exact) mass is 275 g/mol. The molecule has 3 aliphatic rings. The van der Waals surface area contributed by atoms with E-state index in [0.717, 1.165) is 12.8 Å². The standard InChI is InChI=1S/C12H21NO4S/c1-11(2,3)17-10(14)13-7-12(5-9(13)6-12)8-18(4,15)16/h9H,5-8H2,1-4H3. The van der Waals surface area contributed by atoms with E-state index >= 15 is 0 Å². The van der Waals surface area contributed by atoms with Crippen LogP contribution in [0.2, 0.25) is 0 Å². The molecular weight excluding hydrogens is 254 g/mol. The van der Waals surface area contributed by atoms with Crippen LogP contribution >= 0.6 is 0 Å². The molecule has 2 saturated heterocycles. The molecule has 3 rings (SSSR count). The maximum Gasteiger partial charge on any atom is 0.410 e. The van der Waals surface area contributed by atoms with E-state index in [9.17, 15) is 13.2 Å². The number of nitrogens with zero attached hydrogens (tertiary/aromatic N) is 1. The lowest BCUT2D eigenvalue weighted by Gasteiger charge is -2.36. The van der Waals surface area contributed by atoms with E-state index in [2.05, 4.69) is 0 Å². The highest BCUT2D eigenvalue weighted by Gasteiger charge is 2.58. The molecular formula is C12H21NO4S. The number of hydrogen-bond acceptors (Lipinski definition) is 4. The van der Waals surface area contributed by atoms with Crippen LogP contribution in [-0.4, -0.2) is 49.6 Å². The molecule has 5 nitrogen and oxygen atoms in total. The molecule has 0 aromatic carbocycles. The van der Waals surface area contributed by atoms with Crippen LogP contribution < -0.4 is 0 Å². The van der Waals surface area contributed by atoms with E-state index in [1.165, 1.54) is 6.26 Å². The van der Waals surface area contributed by atoms with Crippen molar-refractivity contribution in [3.8, 4) is 0 Å². The second-order valence-corrected chi connectivity index (χ2v) is 8.88. The van der Waals surface area contributed by atoms with Crippen molar-refractivity contribution in [2.45, 2.75) is 45.3 Å². The number of ether oxygens (including phenoxy) is 1. The summed E-state index contributed by atoms with van der Waals surface area (Å²) in [6.45, 7) is 6.01. The third kappa shape index (κ3) is 2.79. The van der Waals surface area contributed by atoms with Crippen LogP contribution in [0.1, 0.15) is 33.6 Å². The fourth-order valence-corrected chi connectivity index (χ4v) is 4.47. The van der Waals surface area contributed by atoms with Gasteiger partial charge in [0.25, 0.3) is 0 Å². The molecule has 1 aliphatic carbocycles. The lowest BCUT2D eigenvalue weighted by molar-refractivity contribution is 0.0245. The van der Waals surface area contributed by atoms with Crippen LogP contribution in [0.15, 0.2) is 0 Å². The summed E-state index contributed by atoms with van der Waals surface area (Å²) in [7, 11) is -2.99. The van der Waals surface area contributed by atoms with Gasteiger partial charge in [-0.05, 0) is 33.6 Å². The third-order valence-electron chi connectivity index (χ3n) is 3.48. The maximum absolute atomic E-state index is 12.0. The van der Waals surface area contributed by atoms with Crippen LogP contribution in [0.3, 0.4) is 0 Å². The summed E-state index contributed by atoms with van der Waals surface area (Å²) in [6.07, 6.45) is 2.52. The van der Waals surface area contributed by atoms with Crippen LogP contribution in [0.4, 0.5) is 4.79 Å². The zero-order chi connectivity index (χ0) is 13.8. The number of amides is 1. The first-order chi connectivity index (χ1) is 8.00. The summed E-state index contributed by atoms with van der Waals surface area (Å²) in [5.74, 6) is 0.176. The molecule has 0 aromatic rings. The van der Waals surface area contributed by atoms with Gasteiger partial charge in [-0.25, -0.2) is 13.2 Å². The Morgan fingerprint density at radius 3 is 2.39 bits per heavy atom. The molecule has 0 aromatic heterocycles. The van der Waals surface area contributed by atoms with Crippen molar-refractivity contribution in [3.05, 3.63) is 0 Å². The van der Waals surface area contributed by atoms with Crippen molar-refractivity contribution in [1.82, 2.24) is 4.90 Å². The van der Waals surface area contributed by atoms with E-state index in [1.807, 2.05) is 20.8 Å². The predicted molar refractivity (Wildman–Crippen MR) is 68.1 cm³/mol. The number of carbonyl (C=O) groups is 1. The van der Waals surface area contributed by atoms with Crippen molar-refractivity contribution < 1.29 is 17.9 Å². The summed E-state index contributed by atoms with van der Waals surface area (Å²) in [5.41, 5.74) is -0.719. The van der Waals surface area contributed by atoms with E-state index in [4.69, 9.17) is 4.74 Å². The Kier molecular flexibility index (Phi) is 2.92. The van der Waals surface area contributed by atoms with Crippen LogP contribution in [-0.2, 0) is 14.6 Å². The van der Waals surface area contributed by atoms with Crippen molar-refractivity contribution in [1.29, 1.82) is 0 Å². The van der Waals surface area contributed by atoms with Gasteiger partial charge < -0.3 is 9.64 Å². The van der Waals surface area contributed by atoms with Crippen LogP contribution in [0.5, 0.6) is 0 Å². The van der Waals surface area contributed by atoms with Gasteiger partial charge in [0.2, 0.25) is 0 Å². The van der Waals surface area contributed by atoms with Gasteiger partial charge in [-0.2, -0.15) is 0 Å². The number of rotatable bonds is 2. The van der Waals surface area contributed by atoms with Gasteiger partial charge in [0.05, 0.1) is 5.75 Å². The normalized spacial score (nSPS) is 31.1. The Balaban J connectivity index is 1.99. The molecule has 104 valence electrons. The van der Waals surface area contributed by atoms with E-state index in [1.54, 1.807) is 4.90 Å². The summed E-state index contributed by atoms with van der Waals surface area (Å²) >= 11 is 0. The van der Waals surface area contributed by atoms with Crippen molar-refractivity contribution in [3.63, 3.8) is 0 Å². The molecule has 0 N–H and O–H groups in total. The summed E-state index contributed by atoms with van der Waals surface area (Å²) < 4.78 is 28.1. The van der Waals surface area contributed by atoms with Crippen molar-refractivity contribution in [2.75, 3.05) is 18.6 Å². The van der Waals surface area contributed by atoms with E-state index in [-0.39, 0.29) is 23.3 Å². The second-order valence-electron chi connectivity index (χ2n) is 6.74. The SMILES string of the molecule is CC(C)(C)OC(=O)N1CC2(CS(C)(=O)=O)CC1C2. The van der Waals surface area contributed by atoms with Crippen LogP contribution in [0.25, 0.3) is 0 Å². The molecule has 2 aliphatic heterocycles. The van der Waals surface area contributed by atoms with Gasteiger partial charge in [-0.1, -0.05) is 0 Å². The molecule has 3 fully saturated rings. The lowest BCUT2D eigenvalue weighted by Crippen LogP contribution is -2.41. The summed E-state index contributed by atoms with van der Waals surface area (Å²) in [5, 5.41) is 0. The summed E-state index contributed by atoms with van der Waals surface area (Å²) in [4.78, 5) is 13.7. The molecule has 2 heterocycles. The van der Waals surface area contributed by atoms with Gasteiger partial charge in [0.15, 0.2) is 0 Å². The highest BCUT2D eigenvalue weighted by Crippen LogP contribution is 2.52. The van der Waals surface area contributed by atoms with Gasteiger partial charge >= 0.3 is 6.09 Å². The quantitative estimate of drug-likeness (QED) is 0.765. The van der Waals surface area contributed by atoms with E-state index < -0.39 is 15.4 Å².